The first-order valence-electron chi connectivity index (χ1n) is 12.2. The highest BCUT2D eigenvalue weighted by molar-refractivity contribution is 6.35. The van der Waals surface area contributed by atoms with E-state index in [1.807, 2.05) is 0 Å². The maximum Gasteiger partial charge on any atom is 0.416 e. The number of hydrogen-bond donors (Lipinski definition) is 0. The minimum Gasteiger partial charge on any atom is -0.268 e. The Kier molecular flexibility index (Phi) is 5.85. The van der Waals surface area contributed by atoms with Crippen molar-refractivity contribution in [1.29, 1.82) is 0 Å². The Morgan fingerprint density at radius 3 is 1.02 bits per heavy atom. The highest BCUT2D eigenvalue weighted by Crippen LogP contribution is 2.37. The molecule has 0 saturated carbocycles. The van der Waals surface area contributed by atoms with E-state index in [-0.39, 0.29) is 33.6 Å². The summed E-state index contributed by atoms with van der Waals surface area (Å²) in [5, 5.41) is 0. The number of imide groups is 2. The van der Waals surface area contributed by atoms with Gasteiger partial charge in [-0.15, -0.1) is 0 Å². The van der Waals surface area contributed by atoms with Crippen molar-refractivity contribution in [1.82, 2.24) is 0 Å². The van der Waals surface area contributed by atoms with Gasteiger partial charge in [0.2, 0.25) is 0 Å². The minimum absolute atomic E-state index is 0.00770. The molecule has 42 heavy (non-hydrogen) atoms. The zero-order valence-corrected chi connectivity index (χ0v) is 20.9. The van der Waals surface area contributed by atoms with E-state index in [1.165, 1.54) is 36.4 Å². The lowest BCUT2D eigenvalue weighted by atomic mass is 9.97. The molecular weight excluding hydrogens is 566 g/mol. The molecule has 0 radical (unpaired) electrons. The van der Waals surface area contributed by atoms with Crippen LogP contribution in [0.25, 0.3) is 11.1 Å². The van der Waals surface area contributed by atoms with Crippen LogP contribution in [0.1, 0.15) is 52.6 Å². The smallest absolute Gasteiger partial charge is 0.268 e. The maximum atomic E-state index is 13.1. The standard InChI is InChI=1S/C30H14F6N2O4/c31-29(32,33)17-3-7-19(8-4-17)37-25(39)21-11-1-15(13-23(21)27(37)41)16-2-12-22-24(14-16)28(42)38(26(22)40)20-9-5-18(6-10-20)30(34,35)36/h1-14H. The van der Waals surface area contributed by atoms with Gasteiger partial charge in [0.25, 0.3) is 23.6 Å². The fraction of sp³-hybridized carbons (Fsp3) is 0.0667. The molecule has 0 saturated heterocycles. The van der Waals surface area contributed by atoms with Gasteiger partial charge in [0.1, 0.15) is 0 Å². The molecule has 6 rings (SSSR count). The molecule has 2 aliphatic heterocycles. The third kappa shape index (κ3) is 4.23. The number of alkyl halides is 6. The number of carbonyl (C=O) groups excluding carboxylic acids is 4. The largest absolute Gasteiger partial charge is 0.416 e. The molecule has 4 aromatic rings. The van der Waals surface area contributed by atoms with Gasteiger partial charge in [0.15, 0.2) is 0 Å². The molecule has 12 heteroatoms. The van der Waals surface area contributed by atoms with Gasteiger partial charge in [0.05, 0.1) is 44.8 Å². The number of fused-ring (bicyclic) bond motifs is 2. The summed E-state index contributed by atoms with van der Waals surface area (Å²) in [5.41, 5.74) is -1.10. The zero-order valence-electron chi connectivity index (χ0n) is 20.9. The Morgan fingerprint density at radius 2 is 0.714 bits per heavy atom. The summed E-state index contributed by atoms with van der Waals surface area (Å²) in [6.45, 7) is 0. The van der Waals surface area contributed by atoms with Crippen molar-refractivity contribution in [3.63, 3.8) is 0 Å². The number of rotatable bonds is 3. The van der Waals surface area contributed by atoms with Gasteiger partial charge in [-0.3, -0.25) is 19.2 Å². The highest BCUT2D eigenvalue weighted by Gasteiger charge is 2.40. The van der Waals surface area contributed by atoms with Crippen LogP contribution in [-0.4, -0.2) is 23.6 Å². The number of amides is 4. The molecule has 0 unspecified atom stereocenters. The Hall–Kier alpha value is -5.26. The van der Waals surface area contributed by atoms with Gasteiger partial charge in [0, 0.05) is 0 Å². The van der Waals surface area contributed by atoms with E-state index in [2.05, 4.69) is 0 Å². The normalized spacial score (nSPS) is 15.0. The number of benzene rings is 4. The fourth-order valence-electron chi connectivity index (χ4n) is 4.91. The molecule has 0 aromatic heterocycles. The monoisotopic (exact) mass is 580 g/mol. The van der Waals surface area contributed by atoms with Crippen LogP contribution in [0, 0.1) is 0 Å². The summed E-state index contributed by atoms with van der Waals surface area (Å²) in [6.07, 6.45) is -9.18. The van der Waals surface area contributed by atoms with Crippen molar-refractivity contribution in [2.75, 3.05) is 9.80 Å². The van der Waals surface area contributed by atoms with Crippen molar-refractivity contribution < 1.29 is 45.5 Å². The predicted octanol–water partition coefficient (Wildman–Crippen LogP) is 6.99. The first-order chi connectivity index (χ1) is 19.8. The Balaban J connectivity index is 1.29. The SMILES string of the molecule is O=C1c2ccc(-c3ccc4c(c3)C(=O)N(c3ccc(C(F)(F)F)cc3)C4=O)cc2C(=O)N1c1ccc(C(F)(F)F)cc1. The molecule has 0 aliphatic carbocycles. The molecule has 210 valence electrons. The Labute approximate surface area is 232 Å². The second-order valence-electron chi connectivity index (χ2n) is 9.50. The second kappa shape index (κ2) is 9.13. The van der Waals surface area contributed by atoms with Crippen LogP contribution >= 0.6 is 0 Å². The van der Waals surface area contributed by atoms with Crippen molar-refractivity contribution in [2.45, 2.75) is 12.4 Å². The molecule has 2 aliphatic rings. The molecule has 6 nitrogen and oxygen atoms in total. The summed E-state index contributed by atoms with van der Waals surface area (Å²) in [4.78, 5) is 53.7. The van der Waals surface area contributed by atoms with Gasteiger partial charge in [-0.05, 0) is 83.9 Å². The highest BCUT2D eigenvalue weighted by atomic mass is 19.4. The molecule has 0 atom stereocenters. The summed E-state index contributed by atoms with van der Waals surface area (Å²) in [5.74, 6) is -2.94. The molecule has 0 fully saturated rings. The first kappa shape index (κ1) is 26.9. The third-order valence-electron chi connectivity index (χ3n) is 7.01. The van der Waals surface area contributed by atoms with Crippen LogP contribution in [-0.2, 0) is 12.4 Å². The van der Waals surface area contributed by atoms with Crippen LogP contribution in [0.15, 0.2) is 84.9 Å². The van der Waals surface area contributed by atoms with E-state index in [0.717, 1.165) is 58.3 Å². The van der Waals surface area contributed by atoms with Gasteiger partial charge >= 0.3 is 12.4 Å². The summed E-state index contributed by atoms with van der Waals surface area (Å²) >= 11 is 0. The van der Waals surface area contributed by atoms with E-state index >= 15 is 0 Å². The lowest BCUT2D eigenvalue weighted by Gasteiger charge is -2.15. The minimum atomic E-state index is -4.59. The maximum absolute atomic E-state index is 13.1. The van der Waals surface area contributed by atoms with Gasteiger partial charge in [-0.2, -0.15) is 26.3 Å². The van der Waals surface area contributed by atoms with Crippen molar-refractivity contribution in [3.8, 4) is 11.1 Å². The topological polar surface area (TPSA) is 74.8 Å². The fourth-order valence-corrected chi connectivity index (χ4v) is 4.91. The van der Waals surface area contributed by atoms with E-state index in [4.69, 9.17) is 0 Å². The number of halogens is 6. The average Bonchev–Trinajstić information content (AvgIpc) is 3.35. The van der Waals surface area contributed by atoms with Crippen LogP contribution < -0.4 is 9.80 Å². The van der Waals surface area contributed by atoms with Crippen molar-refractivity contribution in [3.05, 3.63) is 118 Å². The molecule has 4 aromatic carbocycles. The quantitative estimate of drug-likeness (QED) is 0.193. The number of anilines is 2. The lowest BCUT2D eigenvalue weighted by Crippen LogP contribution is -2.29. The van der Waals surface area contributed by atoms with E-state index in [1.54, 1.807) is 0 Å². The Morgan fingerprint density at radius 1 is 0.405 bits per heavy atom. The molecule has 0 spiro atoms. The van der Waals surface area contributed by atoms with Crippen LogP contribution in [0.2, 0.25) is 0 Å². The van der Waals surface area contributed by atoms with Gasteiger partial charge in [-0.1, -0.05) is 12.1 Å². The van der Waals surface area contributed by atoms with Crippen LogP contribution in [0.5, 0.6) is 0 Å². The predicted molar refractivity (Wildman–Crippen MR) is 137 cm³/mol. The van der Waals surface area contributed by atoms with E-state index in [9.17, 15) is 45.5 Å². The summed E-state index contributed by atoms with van der Waals surface area (Å²) in [7, 11) is 0. The van der Waals surface area contributed by atoms with Gasteiger partial charge in [-0.25, -0.2) is 9.80 Å². The van der Waals surface area contributed by atoms with E-state index in [0.29, 0.717) is 11.1 Å². The molecule has 2 heterocycles. The number of carbonyl (C=O) groups is 4. The number of nitrogens with zero attached hydrogens (tertiary/aromatic N) is 2. The summed E-state index contributed by atoms with van der Waals surface area (Å²) in [6, 6.07) is 15.7. The van der Waals surface area contributed by atoms with Gasteiger partial charge < -0.3 is 0 Å². The number of hydrogen-bond acceptors (Lipinski definition) is 4. The average molecular weight is 580 g/mol. The zero-order chi connectivity index (χ0) is 30.1. The Bertz CT molecular complexity index is 1690. The molecule has 4 amide bonds. The van der Waals surface area contributed by atoms with Crippen molar-refractivity contribution in [2.24, 2.45) is 0 Å². The summed E-state index contributed by atoms with van der Waals surface area (Å²) < 4.78 is 77.6. The molecule has 0 N–H and O–H groups in total. The lowest BCUT2D eigenvalue weighted by molar-refractivity contribution is -0.138. The van der Waals surface area contributed by atoms with Crippen LogP contribution in [0.4, 0.5) is 37.7 Å². The van der Waals surface area contributed by atoms with Crippen molar-refractivity contribution >= 4 is 35.0 Å². The third-order valence-corrected chi connectivity index (χ3v) is 7.01. The first-order valence-corrected chi connectivity index (χ1v) is 12.2. The molecule has 0 bridgehead atoms. The van der Waals surface area contributed by atoms with E-state index < -0.39 is 47.1 Å². The van der Waals surface area contributed by atoms with Crippen LogP contribution in [0.3, 0.4) is 0 Å². The molecular formula is C30H14F6N2O4. The second-order valence-corrected chi connectivity index (χ2v) is 9.50.